The van der Waals surface area contributed by atoms with Gasteiger partial charge in [-0.15, -0.1) is 0 Å². The lowest BCUT2D eigenvalue weighted by Gasteiger charge is -2.26. The Hall–Kier alpha value is -2.97. The van der Waals surface area contributed by atoms with E-state index < -0.39 is 17.8 Å². The molecule has 0 spiro atoms. The van der Waals surface area contributed by atoms with Crippen molar-refractivity contribution in [2.75, 3.05) is 13.1 Å². The van der Waals surface area contributed by atoms with Crippen LogP contribution < -0.4 is 0 Å². The number of alkyl halides is 3. The van der Waals surface area contributed by atoms with Gasteiger partial charge in [0.1, 0.15) is 12.0 Å². The zero-order valence-electron chi connectivity index (χ0n) is 14.9. The number of nitrogens with zero attached hydrogens (tertiary/aromatic N) is 3. The van der Waals surface area contributed by atoms with E-state index in [1.54, 1.807) is 11.1 Å². The van der Waals surface area contributed by atoms with Crippen LogP contribution in [0.15, 0.2) is 54.4 Å². The van der Waals surface area contributed by atoms with E-state index in [1.807, 2.05) is 12.2 Å². The van der Waals surface area contributed by atoms with Gasteiger partial charge in [-0.3, -0.25) is 10.00 Å². The smallest absolute Gasteiger partial charge is 0.435 e. The number of aromatic amines is 1. The van der Waals surface area contributed by atoms with Crippen molar-refractivity contribution in [3.63, 3.8) is 0 Å². The fourth-order valence-corrected chi connectivity index (χ4v) is 3.64. The maximum absolute atomic E-state index is 13.1. The molecule has 3 heterocycles. The van der Waals surface area contributed by atoms with E-state index in [0.29, 0.717) is 18.7 Å². The summed E-state index contributed by atoms with van der Waals surface area (Å²) in [6, 6.07) is -0.288. The second kappa shape index (κ2) is 7.21. The second-order valence-electron chi connectivity index (χ2n) is 6.86. The Kier molecular flexibility index (Phi) is 4.74. The molecular weight excluding hydrogens is 373 g/mol. The highest BCUT2D eigenvalue weighted by atomic mass is 19.4. The van der Waals surface area contributed by atoms with Crippen LogP contribution in [-0.2, 0) is 10.9 Å². The molecule has 1 aromatic heterocycles. The molecule has 148 valence electrons. The fraction of sp³-hybridized carbons (Fsp3) is 0.368. The molecule has 0 aromatic carbocycles. The largest absolute Gasteiger partial charge is 0.462 e. The minimum absolute atomic E-state index is 0.107. The Morgan fingerprint density at radius 3 is 2.96 bits per heavy atom. The molecule has 9 heteroatoms. The maximum Gasteiger partial charge on any atom is 0.435 e. The number of hydrogen-bond donors (Lipinski definition) is 1. The van der Waals surface area contributed by atoms with Gasteiger partial charge >= 0.3 is 12.2 Å². The number of hydrogen-bond acceptors (Lipinski definition) is 3. The number of nitrogens with one attached hydrogen (secondary N) is 1. The van der Waals surface area contributed by atoms with Crippen LogP contribution in [0.2, 0.25) is 0 Å². The number of likely N-dealkylation sites (tertiary alicyclic amines) is 1. The predicted octanol–water partition coefficient (Wildman–Crippen LogP) is 4.26. The molecule has 4 rings (SSSR count). The van der Waals surface area contributed by atoms with Gasteiger partial charge in [-0.25, -0.2) is 4.79 Å². The first-order valence-electron chi connectivity index (χ1n) is 9.03. The highest BCUT2D eigenvalue weighted by Gasteiger charge is 2.40. The molecule has 0 radical (unpaired) electrons. The van der Waals surface area contributed by atoms with E-state index in [-0.39, 0.29) is 18.1 Å². The summed E-state index contributed by atoms with van der Waals surface area (Å²) in [5, 5.41) is 5.64. The van der Waals surface area contributed by atoms with Crippen molar-refractivity contribution in [2.45, 2.75) is 31.4 Å². The number of carbonyl (C=O) groups excluding carboxylic acids is 1. The van der Waals surface area contributed by atoms with Crippen LogP contribution in [-0.4, -0.2) is 39.1 Å². The predicted molar refractivity (Wildman–Crippen MR) is 94.5 cm³/mol. The monoisotopic (exact) mass is 392 g/mol. The Morgan fingerprint density at radius 1 is 1.36 bits per heavy atom. The van der Waals surface area contributed by atoms with Gasteiger partial charge in [0.15, 0.2) is 5.69 Å². The number of aromatic nitrogens is 2. The molecule has 0 saturated carbocycles. The minimum atomic E-state index is -4.51. The molecule has 28 heavy (non-hydrogen) atoms. The highest BCUT2D eigenvalue weighted by Crippen LogP contribution is 2.37. The van der Waals surface area contributed by atoms with Crippen LogP contribution in [0.4, 0.5) is 18.0 Å². The third kappa shape index (κ3) is 3.56. The number of H-pyrrole nitrogens is 1. The average Bonchev–Trinajstić information content (AvgIpc) is 3.37. The molecule has 1 aromatic rings. The van der Waals surface area contributed by atoms with Crippen molar-refractivity contribution in [3.8, 4) is 0 Å². The highest BCUT2D eigenvalue weighted by molar-refractivity contribution is 5.77. The molecule has 1 saturated heterocycles. The quantitative estimate of drug-likeness (QED) is 0.818. The van der Waals surface area contributed by atoms with E-state index in [1.165, 1.54) is 23.6 Å². The van der Waals surface area contributed by atoms with Gasteiger partial charge in [0.25, 0.3) is 0 Å². The third-order valence-electron chi connectivity index (χ3n) is 5.06. The normalized spacial score (nSPS) is 22.2. The molecule has 2 amide bonds. The summed E-state index contributed by atoms with van der Waals surface area (Å²) in [5.41, 5.74) is 0.199. The minimum Gasteiger partial charge on any atom is -0.462 e. The Labute approximate surface area is 159 Å². The topological polar surface area (TPSA) is 61.5 Å². The average molecular weight is 392 g/mol. The van der Waals surface area contributed by atoms with Gasteiger partial charge in [-0.05, 0) is 24.8 Å². The van der Waals surface area contributed by atoms with Crippen molar-refractivity contribution >= 4 is 6.03 Å². The van der Waals surface area contributed by atoms with Gasteiger partial charge in [0, 0.05) is 37.0 Å². The van der Waals surface area contributed by atoms with Crippen LogP contribution in [0.25, 0.3) is 0 Å². The number of allylic oxidation sites excluding steroid dienone is 4. The number of urea groups is 1. The lowest BCUT2D eigenvalue weighted by atomic mass is 9.99. The molecule has 1 N–H and O–H groups in total. The van der Waals surface area contributed by atoms with Gasteiger partial charge in [0.2, 0.25) is 0 Å². The Balaban J connectivity index is 1.46. The van der Waals surface area contributed by atoms with E-state index in [0.717, 1.165) is 18.4 Å². The third-order valence-corrected chi connectivity index (χ3v) is 5.06. The molecule has 1 unspecified atom stereocenters. The first-order valence-corrected chi connectivity index (χ1v) is 9.03. The van der Waals surface area contributed by atoms with E-state index >= 15 is 0 Å². The number of rotatable bonds is 2. The van der Waals surface area contributed by atoms with Crippen LogP contribution in [0.3, 0.4) is 0 Å². The first kappa shape index (κ1) is 18.4. The van der Waals surface area contributed by atoms with Crippen molar-refractivity contribution in [2.24, 2.45) is 0 Å². The SMILES string of the molecule is O=C(N1C=COC(C2=CC=CCC2)=C1)N1CCC(c2c[nH]nc2C(F)(F)F)C1. The molecule has 0 bridgehead atoms. The number of halogens is 3. The molecule has 1 atom stereocenters. The first-order chi connectivity index (χ1) is 13.4. The zero-order chi connectivity index (χ0) is 19.7. The van der Waals surface area contributed by atoms with E-state index in [4.69, 9.17) is 4.74 Å². The summed E-state index contributed by atoms with van der Waals surface area (Å²) in [6.45, 7) is 0.590. The van der Waals surface area contributed by atoms with Crippen LogP contribution in [0.1, 0.15) is 36.4 Å². The molecule has 2 aliphatic heterocycles. The van der Waals surface area contributed by atoms with Crippen molar-refractivity contribution in [1.29, 1.82) is 0 Å². The second-order valence-corrected chi connectivity index (χ2v) is 6.86. The number of ether oxygens (including phenoxy) is 1. The lowest BCUT2D eigenvalue weighted by Crippen LogP contribution is -2.37. The molecule has 1 fully saturated rings. The zero-order valence-corrected chi connectivity index (χ0v) is 14.9. The summed E-state index contributed by atoms with van der Waals surface area (Å²) in [6.07, 6.45) is 9.47. The summed E-state index contributed by atoms with van der Waals surface area (Å²) in [7, 11) is 0. The molecule has 1 aliphatic carbocycles. The lowest BCUT2D eigenvalue weighted by molar-refractivity contribution is -0.141. The van der Waals surface area contributed by atoms with Crippen molar-refractivity contribution in [1.82, 2.24) is 20.0 Å². The van der Waals surface area contributed by atoms with Gasteiger partial charge in [-0.2, -0.15) is 18.3 Å². The maximum atomic E-state index is 13.1. The van der Waals surface area contributed by atoms with E-state index in [2.05, 4.69) is 16.3 Å². The number of carbonyl (C=O) groups is 1. The molecule has 6 nitrogen and oxygen atoms in total. The molecular formula is C19H19F3N4O2. The molecule has 3 aliphatic rings. The van der Waals surface area contributed by atoms with Crippen molar-refractivity contribution in [3.05, 3.63) is 65.7 Å². The summed E-state index contributed by atoms with van der Waals surface area (Å²) in [4.78, 5) is 15.8. The Morgan fingerprint density at radius 2 is 2.21 bits per heavy atom. The van der Waals surface area contributed by atoms with Gasteiger partial charge in [-0.1, -0.05) is 18.2 Å². The summed E-state index contributed by atoms with van der Waals surface area (Å²) < 4.78 is 44.8. The van der Waals surface area contributed by atoms with Crippen LogP contribution >= 0.6 is 0 Å². The van der Waals surface area contributed by atoms with Gasteiger partial charge < -0.3 is 9.64 Å². The Bertz CT molecular complexity index is 882. The van der Waals surface area contributed by atoms with Crippen molar-refractivity contribution < 1.29 is 22.7 Å². The summed E-state index contributed by atoms with van der Waals surface area (Å²) >= 11 is 0. The fourth-order valence-electron chi connectivity index (χ4n) is 3.64. The number of amides is 2. The summed E-state index contributed by atoms with van der Waals surface area (Å²) in [5.74, 6) is 0.198. The van der Waals surface area contributed by atoms with Crippen LogP contribution in [0.5, 0.6) is 0 Å². The van der Waals surface area contributed by atoms with E-state index in [9.17, 15) is 18.0 Å². The van der Waals surface area contributed by atoms with Gasteiger partial charge in [0.05, 0.1) is 6.20 Å². The van der Waals surface area contributed by atoms with Crippen LogP contribution in [0, 0.1) is 0 Å². The standard InChI is InChI=1S/C19H19F3N4O2/c20-19(21,22)17-15(10-23-24-17)14-6-7-25(11-14)18(27)26-8-9-28-16(12-26)13-4-2-1-3-5-13/h1-2,4,8-10,12,14H,3,5-7,11H2,(H,23,24).